The molecule has 1 atom stereocenters. The number of hydrogen-bond donors (Lipinski definition) is 2. The molecule has 1 unspecified atom stereocenters. The zero-order valence-electron chi connectivity index (χ0n) is 12.8. The van der Waals surface area contributed by atoms with E-state index in [0.29, 0.717) is 32.4 Å². The Morgan fingerprint density at radius 3 is 2.74 bits per heavy atom. The molecule has 7 heteroatoms. The van der Waals surface area contributed by atoms with Crippen molar-refractivity contribution in [1.82, 2.24) is 10.2 Å². The molecule has 1 aromatic rings. The number of aliphatic carboxylic acids is 1. The molecule has 2 aliphatic heterocycles. The maximum Gasteiger partial charge on any atom is 0.309 e. The summed E-state index contributed by atoms with van der Waals surface area (Å²) >= 11 is 1.65. The first-order valence-electron chi connectivity index (χ1n) is 7.84. The van der Waals surface area contributed by atoms with Gasteiger partial charge in [0.25, 0.3) is 0 Å². The van der Waals surface area contributed by atoms with Crippen LogP contribution in [0.25, 0.3) is 0 Å². The molecule has 0 radical (unpaired) electrons. The van der Waals surface area contributed by atoms with Gasteiger partial charge in [-0.1, -0.05) is 6.07 Å². The second-order valence-electron chi connectivity index (χ2n) is 6.26. The number of carboxylic acids is 1. The standard InChI is InChI=1S/C16H20N2O4S/c19-13-10-12(15(21)22)16(17-13)5-7-18(8-6-16)14(20)4-3-11-2-1-9-23-11/h1-2,9,12H,3-8,10H2,(H,17,19)(H,21,22). The summed E-state index contributed by atoms with van der Waals surface area (Å²) in [6, 6.07) is 4.00. The normalized spacial score (nSPS) is 23.0. The average Bonchev–Trinajstić information content (AvgIpc) is 3.14. The number of nitrogens with zero attached hydrogens (tertiary/aromatic N) is 1. The first-order chi connectivity index (χ1) is 11.0. The summed E-state index contributed by atoms with van der Waals surface area (Å²) in [7, 11) is 0. The molecule has 3 heterocycles. The molecular weight excluding hydrogens is 316 g/mol. The highest BCUT2D eigenvalue weighted by Gasteiger charge is 2.51. The zero-order chi connectivity index (χ0) is 16.4. The molecule has 124 valence electrons. The molecule has 2 aliphatic rings. The highest BCUT2D eigenvalue weighted by Crippen LogP contribution is 2.37. The summed E-state index contributed by atoms with van der Waals surface area (Å²) < 4.78 is 0. The smallest absolute Gasteiger partial charge is 0.309 e. The largest absolute Gasteiger partial charge is 0.481 e. The minimum atomic E-state index is -0.930. The van der Waals surface area contributed by atoms with Crippen molar-refractivity contribution in [3.63, 3.8) is 0 Å². The number of rotatable bonds is 4. The lowest BCUT2D eigenvalue weighted by Crippen LogP contribution is -2.56. The number of amides is 2. The molecule has 1 aromatic heterocycles. The molecule has 0 bridgehead atoms. The van der Waals surface area contributed by atoms with Crippen LogP contribution in [0.4, 0.5) is 0 Å². The van der Waals surface area contributed by atoms with Crippen LogP contribution in [0.2, 0.25) is 0 Å². The monoisotopic (exact) mass is 336 g/mol. The van der Waals surface area contributed by atoms with Gasteiger partial charge in [0.2, 0.25) is 11.8 Å². The number of carbonyl (C=O) groups excluding carboxylic acids is 2. The number of carboxylic acid groups (broad SMARTS) is 1. The molecule has 3 rings (SSSR count). The maximum atomic E-state index is 12.3. The fraction of sp³-hybridized carbons (Fsp3) is 0.562. The van der Waals surface area contributed by atoms with E-state index in [4.69, 9.17) is 0 Å². The number of carbonyl (C=O) groups is 3. The van der Waals surface area contributed by atoms with E-state index in [2.05, 4.69) is 5.32 Å². The Bertz CT molecular complexity index is 606. The van der Waals surface area contributed by atoms with E-state index in [1.54, 1.807) is 16.2 Å². The Kier molecular flexibility index (Phi) is 4.39. The Balaban J connectivity index is 1.56. The minimum absolute atomic E-state index is 0.0433. The fourth-order valence-electron chi connectivity index (χ4n) is 3.59. The van der Waals surface area contributed by atoms with Crippen molar-refractivity contribution in [3.8, 4) is 0 Å². The topological polar surface area (TPSA) is 86.7 Å². The van der Waals surface area contributed by atoms with Gasteiger partial charge in [-0.2, -0.15) is 0 Å². The zero-order valence-corrected chi connectivity index (χ0v) is 13.6. The number of likely N-dealkylation sites (tertiary alicyclic amines) is 1. The number of piperidine rings is 1. The second kappa shape index (κ2) is 6.31. The molecule has 23 heavy (non-hydrogen) atoms. The van der Waals surface area contributed by atoms with Gasteiger partial charge in [-0.3, -0.25) is 14.4 Å². The Morgan fingerprint density at radius 1 is 1.39 bits per heavy atom. The van der Waals surface area contributed by atoms with Crippen LogP contribution < -0.4 is 5.32 Å². The van der Waals surface area contributed by atoms with E-state index in [1.807, 2.05) is 17.5 Å². The molecule has 0 saturated carbocycles. The van der Waals surface area contributed by atoms with E-state index in [-0.39, 0.29) is 18.2 Å². The van der Waals surface area contributed by atoms with Crippen LogP contribution in [0, 0.1) is 5.92 Å². The van der Waals surface area contributed by atoms with Crippen LogP contribution >= 0.6 is 11.3 Å². The number of aryl methyl sites for hydroxylation is 1. The molecule has 0 aromatic carbocycles. The maximum absolute atomic E-state index is 12.3. The highest BCUT2D eigenvalue weighted by molar-refractivity contribution is 7.09. The van der Waals surface area contributed by atoms with Crippen molar-refractivity contribution >= 4 is 29.1 Å². The van der Waals surface area contributed by atoms with E-state index < -0.39 is 17.4 Å². The van der Waals surface area contributed by atoms with Crippen molar-refractivity contribution < 1.29 is 19.5 Å². The SMILES string of the molecule is O=C1CC(C(=O)O)C2(CCN(C(=O)CCc3cccs3)CC2)N1. The van der Waals surface area contributed by atoms with Crippen molar-refractivity contribution in [2.24, 2.45) is 5.92 Å². The van der Waals surface area contributed by atoms with Gasteiger partial charge in [-0.05, 0) is 30.7 Å². The summed E-state index contributed by atoms with van der Waals surface area (Å²) in [4.78, 5) is 38.3. The van der Waals surface area contributed by atoms with Gasteiger partial charge in [-0.15, -0.1) is 11.3 Å². The summed E-state index contributed by atoms with van der Waals surface area (Å²) in [6.07, 6.45) is 2.29. The van der Waals surface area contributed by atoms with Crippen LogP contribution in [0.15, 0.2) is 17.5 Å². The van der Waals surface area contributed by atoms with Crippen molar-refractivity contribution in [2.75, 3.05) is 13.1 Å². The molecule has 2 N–H and O–H groups in total. The van der Waals surface area contributed by atoms with Gasteiger partial charge in [-0.25, -0.2) is 0 Å². The summed E-state index contributed by atoms with van der Waals surface area (Å²) in [5.41, 5.74) is -0.673. The van der Waals surface area contributed by atoms with Gasteiger partial charge < -0.3 is 15.3 Å². The summed E-state index contributed by atoms with van der Waals surface area (Å²) in [6.45, 7) is 1.01. The average molecular weight is 336 g/mol. The van der Waals surface area contributed by atoms with Crippen molar-refractivity contribution in [2.45, 2.75) is 37.6 Å². The molecule has 2 amide bonds. The van der Waals surface area contributed by atoms with Gasteiger partial charge >= 0.3 is 5.97 Å². The van der Waals surface area contributed by atoms with E-state index in [9.17, 15) is 19.5 Å². The lowest BCUT2D eigenvalue weighted by molar-refractivity contribution is -0.145. The van der Waals surface area contributed by atoms with Crippen LogP contribution in [0.5, 0.6) is 0 Å². The molecule has 1 spiro atoms. The first-order valence-corrected chi connectivity index (χ1v) is 8.72. The minimum Gasteiger partial charge on any atom is -0.481 e. The van der Waals surface area contributed by atoms with Crippen LogP contribution in [0.1, 0.15) is 30.6 Å². The van der Waals surface area contributed by atoms with Crippen LogP contribution in [-0.4, -0.2) is 46.4 Å². The Hall–Kier alpha value is -1.89. The van der Waals surface area contributed by atoms with Crippen molar-refractivity contribution in [1.29, 1.82) is 0 Å². The van der Waals surface area contributed by atoms with Gasteiger partial charge in [0.05, 0.1) is 11.5 Å². The molecule has 0 aliphatic carbocycles. The quantitative estimate of drug-likeness (QED) is 0.867. The molecule has 2 fully saturated rings. The second-order valence-corrected chi connectivity index (χ2v) is 7.29. The third-order valence-electron chi connectivity index (χ3n) is 4.92. The number of thiophene rings is 1. The molecule has 6 nitrogen and oxygen atoms in total. The lowest BCUT2D eigenvalue weighted by Gasteiger charge is -2.41. The predicted molar refractivity (Wildman–Crippen MR) is 85.1 cm³/mol. The Labute approximate surface area is 138 Å². The third-order valence-corrected chi connectivity index (χ3v) is 5.85. The highest BCUT2D eigenvalue weighted by atomic mass is 32.1. The van der Waals surface area contributed by atoms with Crippen molar-refractivity contribution in [3.05, 3.63) is 22.4 Å². The third kappa shape index (κ3) is 3.24. The van der Waals surface area contributed by atoms with E-state index in [1.165, 1.54) is 4.88 Å². The van der Waals surface area contributed by atoms with Gasteiger partial charge in [0, 0.05) is 30.8 Å². The fourth-order valence-corrected chi connectivity index (χ4v) is 4.30. The number of hydrogen-bond acceptors (Lipinski definition) is 4. The lowest BCUT2D eigenvalue weighted by atomic mass is 9.77. The Morgan fingerprint density at radius 2 is 2.13 bits per heavy atom. The van der Waals surface area contributed by atoms with Crippen LogP contribution in [-0.2, 0) is 20.8 Å². The van der Waals surface area contributed by atoms with E-state index >= 15 is 0 Å². The van der Waals surface area contributed by atoms with Gasteiger partial charge in [0.1, 0.15) is 0 Å². The van der Waals surface area contributed by atoms with Gasteiger partial charge in [0.15, 0.2) is 0 Å². The summed E-state index contributed by atoms with van der Waals surface area (Å²) in [5.74, 6) is -1.71. The predicted octanol–water partition coefficient (Wildman–Crippen LogP) is 1.26. The molecular formula is C16H20N2O4S. The summed E-state index contributed by atoms with van der Waals surface area (Å²) in [5, 5.41) is 14.2. The first kappa shape index (κ1) is 16.0. The van der Waals surface area contributed by atoms with Crippen LogP contribution in [0.3, 0.4) is 0 Å². The van der Waals surface area contributed by atoms with E-state index in [0.717, 1.165) is 6.42 Å². The number of nitrogens with one attached hydrogen (secondary N) is 1. The molecule has 2 saturated heterocycles.